The Bertz CT molecular complexity index is 426. The molecule has 1 atom stereocenters. The zero-order valence-corrected chi connectivity index (χ0v) is 12.9. The minimum Gasteiger partial charge on any atom is -0.396 e. The third kappa shape index (κ3) is 5.05. The quantitative estimate of drug-likeness (QED) is 0.760. The third-order valence-electron chi connectivity index (χ3n) is 3.08. The van der Waals surface area contributed by atoms with Crippen LogP contribution in [0.25, 0.3) is 0 Å². The second-order valence-corrected chi connectivity index (χ2v) is 5.63. The van der Waals surface area contributed by atoms with E-state index >= 15 is 0 Å². The van der Waals surface area contributed by atoms with Crippen molar-refractivity contribution in [2.75, 3.05) is 19.4 Å². The summed E-state index contributed by atoms with van der Waals surface area (Å²) in [6.07, 6.45) is 3.59. The van der Waals surface area contributed by atoms with Gasteiger partial charge in [-0.05, 0) is 36.8 Å². The first kappa shape index (κ1) is 16.3. The lowest BCUT2D eigenvalue weighted by atomic mass is 10.0. The largest absolute Gasteiger partial charge is 0.396 e. The Hall–Kier alpha value is -0.710. The first-order chi connectivity index (χ1) is 9.12. The second-order valence-electron chi connectivity index (χ2n) is 4.34. The van der Waals surface area contributed by atoms with E-state index in [9.17, 15) is 4.79 Å². The van der Waals surface area contributed by atoms with Crippen molar-refractivity contribution in [3.63, 3.8) is 0 Å². The Labute approximate surface area is 123 Å². The van der Waals surface area contributed by atoms with Gasteiger partial charge >= 0.3 is 0 Å². The van der Waals surface area contributed by atoms with Crippen molar-refractivity contribution in [1.82, 2.24) is 5.32 Å². The zero-order valence-electron chi connectivity index (χ0n) is 11.3. The van der Waals surface area contributed by atoms with E-state index in [1.165, 1.54) is 0 Å². The Morgan fingerprint density at radius 2 is 2.26 bits per heavy atom. The summed E-state index contributed by atoms with van der Waals surface area (Å²) >= 11 is 7.62. The minimum absolute atomic E-state index is 0.150. The number of hydrogen-bond acceptors (Lipinski definition) is 3. The van der Waals surface area contributed by atoms with Gasteiger partial charge in [0.15, 0.2) is 0 Å². The van der Waals surface area contributed by atoms with E-state index in [0.717, 1.165) is 11.3 Å². The molecule has 106 valence electrons. The number of aliphatic hydroxyl groups is 1. The maximum atomic E-state index is 12.1. The molecule has 5 heteroatoms. The van der Waals surface area contributed by atoms with Gasteiger partial charge < -0.3 is 10.4 Å². The van der Waals surface area contributed by atoms with Crippen LogP contribution >= 0.6 is 23.4 Å². The molecule has 3 nitrogen and oxygen atoms in total. The van der Waals surface area contributed by atoms with Crippen molar-refractivity contribution >= 4 is 29.3 Å². The summed E-state index contributed by atoms with van der Waals surface area (Å²) in [5.74, 6) is 0.147. The van der Waals surface area contributed by atoms with E-state index in [1.54, 1.807) is 23.9 Å². The van der Waals surface area contributed by atoms with E-state index in [1.807, 2.05) is 19.2 Å². The average molecular weight is 302 g/mol. The lowest BCUT2D eigenvalue weighted by molar-refractivity contribution is 0.0943. The van der Waals surface area contributed by atoms with Crippen LogP contribution in [0.5, 0.6) is 0 Å². The highest BCUT2D eigenvalue weighted by Crippen LogP contribution is 2.23. The molecule has 1 rings (SSSR count). The molecular formula is C14H20ClNO2S. The van der Waals surface area contributed by atoms with Crippen molar-refractivity contribution in [2.24, 2.45) is 5.92 Å². The van der Waals surface area contributed by atoms with E-state index in [-0.39, 0.29) is 12.5 Å². The molecule has 19 heavy (non-hydrogen) atoms. The number of aliphatic hydroxyl groups excluding tert-OH is 1. The van der Waals surface area contributed by atoms with Gasteiger partial charge in [-0.15, -0.1) is 11.8 Å². The van der Waals surface area contributed by atoms with E-state index in [2.05, 4.69) is 5.32 Å². The summed E-state index contributed by atoms with van der Waals surface area (Å²) in [5, 5.41) is 12.3. The van der Waals surface area contributed by atoms with Crippen molar-refractivity contribution in [2.45, 2.75) is 24.7 Å². The van der Waals surface area contributed by atoms with Crippen LogP contribution in [0.15, 0.2) is 23.1 Å². The number of thioether (sulfide) groups is 1. The Balaban J connectivity index is 2.67. The molecule has 1 aromatic rings. The lowest BCUT2D eigenvalue weighted by Crippen LogP contribution is -2.29. The Morgan fingerprint density at radius 1 is 1.53 bits per heavy atom. The molecule has 0 aliphatic carbocycles. The van der Waals surface area contributed by atoms with Crippen LogP contribution < -0.4 is 5.32 Å². The predicted octanol–water partition coefficient (Wildman–Crippen LogP) is 3.20. The molecule has 0 aliphatic heterocycles. The van der Waals surface area contributed by atoms with Crippen molar-refractivity contribution in [1.29, 1.82) is 0 Å². The van der Waals surface area contributed by atoms with Gasteiger partial charge in [-0.3, -0.25) is 4.79 Å². The van der Waals surface area contributed by atoms with E-state index in [4.69, 9.17) is 16.7 Å². The molecule has 2 N–H and O–H groups in total. The van der Waals surface area contributed by atoms with Crippen LogP contribution in [-0.2, 0) is 0 Å². The molecule has 0 spiro atoms. The number of hydrogen-bond donors (Lipinski definition) is 2. The van der Waals surface area contributed by atoms with Crippen LogP contribution in [0.2, 0.25) is 5.02 Å². The van der Waals surface area contributed by atoms with Crippen LogP contribution in [0.3, 0.4) is 0 Å². The SMILES string of the molecule is CCC(CCO)CNC(=O)c1cc(SC)ccc1Cl. The topological polar surface area (TPSA) is 49.3 Å². The van der Waals surface area contributed by atoms with Crippen molar-refractivity contribution < 1.29 is 9.90 Å². The molecule has 0 aliphatic rings. The summed E-state index contributed by atoms with van der Waals surface area (Å²) in [7, 11) is 0. The maximum absolute atomic E-state index is 12.1. The number of amides is 1. The summed E-state index contributed by atoms with van der Waals surface area (Å²) < 4.78 is 0. The maximum Gasteiger partial charge on any atom is 0.252 e. The molecule has 1 unspecified atom stereocenters. The molecule has 0 saturated heterocycles. The molecule has 0 heterocycles. The molecule has 0 fully saturated rings. The van der Waals surface area contributed by atoms with Crippen LogP contribution in [-0.4, -0.2) is 30.4 Å². The van der Waals surface area contributed by atoms with Gasteiger partial charge in [-0.25, -0.2) is 0 Å². The molecule has 0 saturated carbocycles. The number of nitrogens with one attached hydrogen (secondary N) is 1. The van der Waals surface area contributed by atoms with Crippen LogP contribution in [0.4, 0.5) is 0 Å². The van der Waals surface area contributed by atoms with Gasteiger partial charge in [0.25, 0.3) is 5.91 Å². The average Bonchev–Trinajstić information content (AvgIpc) is 2.43. The van der Waals surface area contributed by atoms with E-state index in [0.29, 0.717) is 29.5 Å². The normalized spacial score (nSPS) is 12.2. The fourth-order valence-corrected chi connectivity index (χ4v) is 2.41. The summed E-state index contributed by atoms with van der Waals surface area (Å²) in [5.41, 5.74) is 0.507. The van der Waals surface area contributed by atoms with Crippen molar-refractivity contribution in [3.8, 4) is 0 Å². The van der Waals surface area contributed by atoms with Gasteiger partial charge in [-0.1, -0.05) is 24.9 Å². The Morgan fingerprint density at radius 3 is 2.84 bits per heavy atom. The first-order valence-corrected chi connectivity index (χ1v) is 7.95. The number of rotatable bonds is 7. The molecule has 1 amide bonds. The van der Waals surface area contributed by atoms with E-state index < -0.39 is 0 Å². The van der Waals surface area contributed by atoms with Gasteiger partial charge in [-0.2, -0.15) is 0 Å². The van der Waals surface area contributed by atoms with Crippen LogP contribution in [0, 0.1) is 5.92 Å². The summed E-state index contributed by atoms with van der Waals surface area (Å²) in [6.45, 7) is 2.76. The number of carbonyl (C=O) groups is 1. The molecular weight excluding hydrogens is 282 g/mol. The highest BCUT2D eigenvalue weighted by Gasteiger charge is 2.13. The van der Waals surface area contributed by atoms with Gasteiger partial charge in [0.05, 0.1) is 10.6 Å². The predicted molar refractivity (Wildman–Crippen MR) is 81.1 cm³/mol. The number of halogens is 1. The monoisotopic (exact) mass is 301 g/mol. The second kappa shape index (κ2) is 8.46. The standard InChI is InChI=1S/C14H20ClNO2S/c1-3-10(6-7-17)9-16-14(18)12-8-11(19-2)4-5-13(12)15/h4-5,8,10,17H,3,6-7,9H2,1-2H3,(H,16,18). The summed E-state index contributed by atoms with van der Waals surface area (Å²) in [6, 6.07) is 5.44. The fraction of sp³-hybridized carbons (Fsp3) is 0.500. The molecule has 0 radical (unpaired) electrons. The molecule has 0 bridgehead atoms. The van der Waals surface area contributed by atoms with Gasteiger partial charge in [0.2, 0.25) is 0 Å². The first-order valence-electron chi connectivity index (χ1n) is 6.35. The molecule has 0 aromatic heterocycles. The third-order valence-corrected chi connectivity index (χ3v) is 4.14. The number of carbonyl (C=O) groups excluding carboxylic acids is 1. The zero-order chi connectivity index (χ0) is 14.3. The minimum atomic E-state index is -0.155. The number of benzene rings is 1. The van der Waals surface area contributed by atoms with Gasteiger partial charge in [0, 0.05) is 18.0 Å². The Kier molecular flexibility index (Phi) is 7.28. The fourth-order valence-electron chi connectivity index (χ4n) is 1.77. The van der Waals surface area contributed by atoms with Crippen molar-refractivity contribution in [3.05, 3.63) is 28.8 Å². The van der Waals surface area contributed by atoms with Gasteiger partial charge in [0.1, 0.15) is 0 Å². The highest BCUT2D eigenvalue weighted by atomic mass is 35.5. The highest BCUT2D eigenvalue weighted by molar-refractivity contribution is 7.98. The summed E-state index contributed by atoms with van der Waals surface area (Å²) in [4.78, 5) is 13.1. The molecule has 1 aromatic carbocycles. The van der Waals surface area contributed by atoms with Crippen LogP contribution in [0.1, 0.15) is 30.1 Å². The smallest absolute Gasteiger partial charge is 0.252 e. The lowest BCUT2D eigenvalue weighted by Gasteiger charge is -2.15.